The summed E-state index contributed by atoms with van der Waals surface area (Å²) in [5, 5.41) is 0. The molecule has 0 aliphatic heterocycles. The highest BCUT2D eigenvalue weighted by molar-refractivity contribution is 5.96. The second-order valence-corrected chi connectivity index (χ2v) is 8.55. The Balaban J connectivity index is 2.12. The van der Waals surface area contributed by atoms with E-state index in [9.17, 15) is 4.79 Å². The Morgan fingerprint density at radius 2 is 1.59 bits per heavy atom. The highest BCUT2D eigenvalue weighted by Gasteiger charge is 2.37. The van der Waals surface area contributed by atoms with Crippen LogP contribution in [0.4, 0.5) is 5.69 Å². The van der Waals surface area contributed by atoms with Gasteiger partial charge in [-0.25, -0.2) is 0 Å². The van der Waals surface area contributed by atoms with Crippen molar-refractivity contribution in [3.63, 3.8) is 0 Å². The summed E-state index contributed by atoms with van der Waals surface area (Å²) in [6.07, 6.45) is 1.64. The van der Waals surface area contributed by atoms with Gasteiger partial charge >= 0.3 is 0 Å². The first kappa shape index (κ1) is 21.1. The molecule has 0 aliphatic carbocycles. The molecule has 0 aromatic heterocycles. The molecule has 0 fully saturated rings. The van der Waals surface area contributed by atoms with Crippen molar-refractivity contribution in [3.05, 3.63) is 65.7 Å². The lowest BCUT2D eigenvalue weighted by atomic mass is 9.71. The molecule has 1 amide bonds. The fourth-order valence-corrected chi connectivity index (χ4v) is 3.85. The van der Waals surface area contributed by atoms with E-state index in [0.29, 0.717) is 0 Å². The number of benzene rings is 2. The van der Waals surface area contributed by atoms with Gasteiger partial charge in [0.2, 0.25) is 5.91 Å². The van der Waals surface area contributed by atoms with Crippen LogP contribution >= 0.6 is 0 Å². The number of rotatable bonds is 8. The summed E-state index contributed by atoms with van der Waals surface area (Å²) < 4.78 is 0. The Morgan fingerprint density at radius 1 is 1.00 bits per heavy atom. The molecule has 4 nitrogen and oxygen atoms in total. The quantitative estimate of drug-likeness (QED) is 0.547. The normalized spacial score (nSPS) is 12.1. The Hall–Kier alpha value is -2.17. The van der Waals surface area contributed by atoms with E-state index < -0.39 is 5.41 Å². The van der Waals surface area contributed by atoms with Crippen molar-refractivity contribution in [2.45, 2.75) is 46.0 Å². The number of nitrogens with two attached hydrogens (primary N) is 1. The molecule has 0 heterocycles. The summed E-state index contributed by atoms with van der Waals surface area (Å²) in [6.45, 7) is 9.22. The number of amides is 1. The van der Waals surface area contributed by atoms with Crippen molar-refractivity contribution in [3.8, 4) is 0 Å². The monoisotopic (exact) mass is 367 g/mol. The van der Waals surface area contributed by atoms with Crippen LogP contribution < -0.4 is 16.2 Å². The molecule has 2 aromatic carbocycles. The average Bonchev–Trinajstić information content (AvgIpc) is 2.65. The molecule has 0 saturated heterocycles. The number of hydrazine groups is 1. The van der Waals surface area contributed by atoms with E-state index >= 15 is 0 Å². The van der Waals surface area contributed by atoms with E-state index in [1.54, 1.807) is 4.90 Å². The Kier molecular flexibility index (Phi) is 6.79. The second-order valence-electron chi connectivity index (χ2n) is 8.55. The Labute approximate surface area is 163 Å². The third-order valence-corrected chi connectivity index (χ3v) is 5.20. The predicted octanol–water partition coefficient (Wildman–Crippen LogP) is 4.05. The van der Waals surface area contributed by atoms with Gasteiger partial charge in [-0.15, -0.1) is 0 Å². The molecule has 4 heteroatoms. The number of hydrogen-bond acceptors (Lipinski definition) is 3. The first-order chi connectivity index (χ1) is 12.7. The number of nitrogens with zero attached hydrogens (tertiary/aromatic N) is 1. The van der Waals surface area contributed by atoms with Gasteiger partial charge in [0.25, 0.3) is 0 Å². The SMILES string of the molecule is CN(C(=O)C(C)(C)CC(C)(C)c1ccccc1)c1ccc(CCNN)cc1. The van der Waals surface area contributed by atoms with Gasteiger partial charge in [-0.05, 0) is 41.5 Å². The largest absolute Gasteiger partial charge is 0.315 e. The minimum absolute atomic E-state index is 0.0830. The number of carbonyl (C=O) groups is 1. The van der Waals surface area contributed by atoms with E-state index in [-0.39, 0.29) is 11.3 Å². The van der Waals surface area contributed by atoms with Gasteiger partial charge in [0.05, 0.1) is 0 Å². The van der Waals surface area contributed by atoms with E-state index in [1.807, 2.05) is 39.1 Å². The van der Waals surface area contributed by atoms with Gasteiger partial charge < -0.3 is 4.90 Å². The fraction of sp³-hybridized carbons (Fsp3) is 0.435. The van der Waals surface area contributed by atoms with Gasteiger partial charge in [0, 0.05) is 24.7 Å². The molecule has 3 N–H and O–H groups in total. The van der Waals surface area contributed by atoms with E-state index in [4.69, 9.17) is 5.84 Å². The summed E-state index contributed by atoms with van der Waals surface area (Å²) in [6, 6.07) is 18.5. The lowest BCUT2D eigenvalue weighted by molar-refractivity contribution is -0.127. The summed E-state index contributed by atoms with van der Waals surface area (Å²) in [5.41, 5.74) is 5.47. The van der Waals surface area contributed by atoms with Crippen LogP contribution in [-0.2, 0) is 16.6 Å². The van der Waals surface area contributed by atoms with Crippen LogP contribution in [0, 0.1) is 5.41 Å². The molecule has 0 atom stereocenters. The van der Waals surface area contributed by atoms with Crippen molar-refractivity contribution in [1.82, 2.24) is 5.43 Å². The highest BCUT2D eigenvalue weighted by atomic mass is 16.2. The van der Waals surface area contributed by atoms with E-state index in [1.165, 1.54) is 11.1 Å². The Bertz CT molecular complexity index is 736. The van der Waals surface area contributed by atoms with Gasteiger partial charge in [0.1, 0.15) is 0 Å². The lowest BCUT2D eigenvalue weighted by Crippen LogP contribution is -2.42. The highest BCUT2D eigenvalue weighted by Crippen LogP contribution is 2.38. The zero-order chi connectivity index (χ0) is 20.1. The van der Waals surface area contributed by atoms with Crippen LogP contribution in [0.25, 0.3) is 0 Å². The maximum absolute atomic E-state index is 13.2. The minimum Gasteiger partial charge on any atom is -0.315 e. The predicted molar refractivity (Wildman–Crippen MR) is 114 cm³/mol. The molecular formula is C23H33N3O. The molecule has 2 rings (SSSR count). The molecule has 0 unspecified atom stereocenters. The average molecular weight is 368 g/mol. The van der Waals surface area contributed by atoms with Gasteiger partial charge in [-0.3, -0.25) is 16.1 Å². The van der Waals surface area contributed by atoms with Crippen LogP contribution in [0.3, 0.4) is 0 Å². The molecule has 0 saturated carbocycles. The van der Waals surface area contributed by atoms with Gasteiger partial charge in [-0.2, -0.15) is 0 Å². The minimum atomic E-state index is -0.476. The third-order valence-electron chi connectivity index (χ3n) is 5.20. The van der Waals surface area contributed by atoms with Crippen molar-refractivity contribution < 1.29 is 4.79 Å². The lowest BCUT2D eigenvalue weighted by Gasteiger charge is -2.36. The summed E-state index contributed by atoms with van der Waals surface area (Å²) in [4.78, 5) is 15.0. The maximum atomic E-state index is 13.2. The maximum Gasteiger partial charge on any atom is 0.232 e. The molecule has 0 bridgehead atoms. The summed E-state index contributed by atoms with van der Waals surface area (Å²) in [5.74, 6) is 5.46. The van der Waals surface area contributed by atoms with Crippen molar-refractivity contribution in [1.29, 1.82) is 0 Å². The van der Waals surface area contributed by atoms with Crippen molar-refractivity contribution in [2.75, 3.05) is 18.5 Å². The van der Waals surface area contributed by atoms with E-state index in [0.717, 1.165) is 25.1 Å². The van der Waals surface area contributed by atoms with Gasteiger partial charge in [-0.1, -0.05) is 70.2 Å². The number of anilines is 1. The molecule has 0 radical (unpaired) electrons. The standard InChI is InChI=1S/C23H33N3O/c1-22(2,19-9-7-6-8-10-19)17-23(3,4)21(27)26(5)20-13-11-18(12-14-20)15-16-25-24/h6-14,25H,15-17,24H2,1-5H3. The molecule has 0 spiro atoms. The van der Waals surface area contributed by atoms with Gasteiger partial charge in [0.15, 0.2) is 0 Å². The topological polar surface area (TPSA) is 58.4 Å². The zero-order valence-corrected chi connectivity index (χ0v) is 17.3. The smallest absolute Gasteiger partial charge is 0.232 e. The number of carbonyl (C=O) groups excluding carboxylic acids is 1. The zero-order valence-electron chi connectivity index (χ0n) is 17.3. The third kappa shape index (κ3) is 5.41. The van der Waals surface area contributed by atoms with E-state index in [2.05, 4.69) is 55.7 Å². The van der Waals surface area contributed by atoms with Crippen LogP contribution in [-0.4, -0.2) is 19.5 Å². The summed E-state index contributed by atoms with van der Waals surface area (Å²) >= 11 is 0. The first-order valence-corrected chi connectivity index (χ1v) is 9.53. The van der Waals surface area contributed by atoms with Crippen LogP contribution in [0.5, 0.6) is 0 Å². The van der Waals surface area contributed by atoms with Crippen LogP contribution in [0.1, 0.15) is 45.2 Å². The second kappa shape index (κ2) is 8.68. The molecule has 2 aromatic rings. The van der Waals surface area contributed by atoms with Crippen LogP contribution in [0.15, 0.2) is 54.6 Å². The number of nitrogens with one attached hydrogen (secondary N) is 1. The molecule has 146 valence electrons. The van der Waals surface area contributed by atoms with Crippen LogP contribution in [0.2, 0.25) is 0 Å². The van der Waals surface area contributed by atoms with Crippen molar-refractivity contribution >= 4 is 11.6 Å². The number of hydrogen-bond donors (Lipinski definition) is 2. The molecular weight excluding hydrogens is 334 g/mol. The Morgan fingerprint density at radius 3 is 2.15 bits per heavy atom. The molecule has 0 aliphatic rings. The first-order valence-electron chi connectivity index (χ1n) is 9.53. The summed E-state index contributed by atoms with van der Waals surface area (Å²) in [7, 11) is 1.86. The van der Waals surface area contributed by atoms with Crippen molar-refractivity contribution in [2.24, 2.45) is 11.3 Å². The molecule has 27 heavy (non-hydrogen) atoms. The fourth-order valence-electron chi connectivity index (χ4n) is 3.85.